The molecule has 310 valence electrons. The van der Waals surface area contributed by atoms with Crippen LogP contribution in [-0.4, -0.2) is 75.5 Å². The summed E-state index contributed by atoms with van der Waals surface area (Å²) in [5.41, 5.74) is 0. The standard InChI is InChI=1S/C45H83NO7/c1-6-8-10-12-14-16-17-18-19-20-21-22-23-24-25-26-27-28-30-31-33-35-43(47)52-40-41(39-51-38-37-42(45(49)50)46(3,4)5)53-44(48)36-34-32-29-15-13-11-9-7-2/h22-23,29,32,41-42H,6-21,24-28,30-31,33-40H2,1-5H3/b23-22+,32-29+. The second-order valence-electron chi connectivity index (χ2n) is 15.9. The Morgan fingerprint density at radius 3 is 1.45 bits per heavy atom. The Hall–Kier alpha value is -2.19. The first-order valence-electron chi connectivity index (χ1n) is 21.9. The Balaban J connectivity index is 4.19. The average Bonchev–Trinajstić information content (AvgIpc) is 3.11. The fourth-order valence-corrected chi connectivity index (χ4v) is 6.38. The highest BCUT2D eigenvalue weighted by molar-refractivity contribution is 5.70. The van der Waals surface area contributed by atoms with Gasteiger partial charge in [0.15, 0.2) is 6.10 Å². The highest BCUT2D eigenvalue weighted by atomic mass is 16.6. The molecule has 0 saturated heterocycles. The molecule has 0 spiro atoms. The summed E-state index contributed by atoms with van der Waals surface area (Å²) in [6.07, 6.45) is 39.5. The lowest BCUT2D eigenvalue weighted by Crippen LogP contribution is -2.55. The molecule has 0 saturated carbocycles. The normalized spacial score (nSPS) is 13.2. The third-order valence-corrected chi connectivity index (χ3v) is 9.82. The molecule has 0 fully saturated rings. The van der Waals surface area contributed by atoms with E-state index in [0.717, 1.165) is 32.1 Å². The van der Waals surface area contributed by atoms with Crippen LogP contribution in [0.25, 0.3) is 0 Å². The molecule has 0 aliphatic heterocycles. The molecule has 0 heterocycles. The predicted octanol–water partition coefficient (Wildman–Crippen LogP) is 10.4. The zero-order valence-corrected chi connectivity index (χ0v) is 35.2. The number of unbranched alkanes of at least 4 members (excludes halogenated alkanes) is 21. The van der Waals surface area contributed by atoms with Crippen LogP contribution in [0.4, 0.5) is 0 Å². The number of likely N-dealkylation sites (N-methyl/N-ethyl adjacent to an activating group) is 1. The topological polar surface area (TPSA) is 102 Å². The maximum absolute atomic E-state index is 12.6. The fraction of sp³-hybridized carbons (Fsp3) is 0.844. The van der Waals surface area contributed by atoms with Gasteiger partial charge in [-0.1, -0.05) is 147 Å². The summed E-state index contributed by atoms with van der Waals surface area (Å²) >= 11 is 0. The quantitative estimate of drug-likeness (QED) is 0.0267. The summed E-state index contributed by atoms with van der Waals surface area (Å²) in [5.74, 6) is -1.80. The Bertz CT molecular complexity index is 926. The molecule has 0 aliphatic carbocycles. The number of rotatable bonds is 39. The van der Waals surface area contributed by atoms with Crippen LogP contribution in [-0.2, 0) is 28.6 Å². The van der Waals surface area contributed by atoms with Crippen molar-refractivity contribution >= 4 is 17.9 Å². The highest BCUT2D eigenvalue weighted by Gasteiger charge is 2.25. The number of aliphatic carboxylic acids is 1. The Morgan fingerprint density at radius 1 is 0.547 bits per heavy atom. The molecule has 0 N–H and O–H groups in total. The summed E-state index contributed by atoms with van der Waals surface area (Å²) in [4.78, 5) is 36.6. The highest BCUT2D eigenvalue weighted by Crippen LogP contribution is 2.14. The second-order valence-corrected chi connectivity index (χ2v) is 15.9. The monoisotopic (exact) mass is 750 g/mol. The number of nitrogens with zero attached hydrogens (tertiary/aromatic N) is 1. The number of hydrogen-bond acceptors (Lipinski definition) is 7. The maximum Gasteiger partial charge on any atom is 0.306 e. The van der Waals surface area contributed by atoms with Crippen LogP contribution in [0.15, 0.2) is 24.3 Å². The first kappa shape index (κ1) is 50.8. The molecule has 0 aromatic heterocycles. The lowest BCUT2D eigenvalue weighted by Gasteiger charge is -2.34. The minimum Gasteiger partial charge on any atom is -0.544 e. The molecule has 0 aliphatic rings. The second kappa shape index (κ2) is 36.8. The fourth-order valence-electron chi connectivity index (χ4n) is 6.38. The zero-order chi connectivity index (χ0) is 39.3. The third kappa shape index (κ3) is 35.3. The minimum absolute atomic E-state index is 0.0261. The molecule has 0 aromatic carbocycles. The van der Waals surface area contributed by atoms with Crippen LogP contribution >= 0.6 is 0 Å². The van der Waals surface area contributed by atoms with Gasteiger partial charge >= 0.3 is 11.9 Å². The van der Waals surface area contributed by atoms with Crippen molar-refractivity contribution in [2.45, 2.75) is 206 Å². The van der Waals surface area contributed by atoms with E-state index in [1.165, 1.54) is 122 Å². The van der Waals surface area contributed by atoms with E-state index in [-0.39, 0.29) is 49.1 Å². The Kier molecular flexibility index (Phi) is 35.2. The summed E-state index contributed by atoms with van der Waals surface area (Å²) in [5, 5.41) is 11.6. The van der Waals surface area contributed by atoms with Gasteiger partial charge in [0.25, 0.3) is 0 Å². The Labute approximate surface area is 326 Å². The largest absolute Gasteiger partial charge is 0.544 e. The lowest BCUT2D eigenvalue weighted by atomic mass is 10.1. The van der Waals surface area contributed by atoms with E-state index in [1.807, 2.05) is 6.08 Å². The van der Waals surface area contributed by atoms with Crippen LogP contribution in [0.3, 0.4) is 0 Å². The van der Waals surface area contributed by atoms with Crippen molar-refractivity contribution in [1.29, 1.82) is 0 Å². The summed E-state index contributed by atoms with van der Waals surface area (Å²) in [6, 6.07) is -0.728. The summed E-state index contributed by atoms with van der Waals surface area (Å²) in [6.45, 7) is 4.58. The minimum atomic E-state index is -1.13. The van der Waals surface area contributed by atoms with Crippen molar-refractivity contribution in [1.82, 2.24) is 0 Å². The number of carboxylic acid groups (broad SMARTS) is 1. The van der Waals surface area contributed by atoms with Gasteiger partial charge in [-0.05, 0) is 51.4 Å². The van der Waals surface area contributed by atoms with Gasteiger partial charge in [0.2, 0.25) is 0 Å². The molecule has 2 unspecified atom stereocenters. The number of ether oxygens (including phenoxy) is 3. The molecule has 0 aromatic rings. The van der Waals surface area contributed by atoms with Crippen LogP contribution in [0.1, 0.15) is 194 Å². The number of esters is 2. The number of carboxylic acids is 1. The number of allylic oxidation sites excluding steroid dienone is 4. The molecule has 0 amide bonds. The van der Waals surface area contributed by atoms with Gasteiger partial charge in [-0.3, -0.25) is 9.59 Å². The summed E-state index contributed by atoms with van der Waals surface area (Å²) < 4.78 is 17.0. The molecule has 53 heavy (non-hydrogen) atoms. The van der Waals surface area contributed by atoms with Crippen molar-refractivity contribution in [2.75, 3.05) is 41.0 Å². The predicted molar refractivity (Wildman–Crippen MR) is 217 cm³/mol. The first-order chi connectivity index (χ1) is 25.6. The van der Waals surface area contributed by atoms with E-state index in [9.17, 15) is 19.5 Å². The molecule has 8 nitrogen and oxygen atoms in total. The maximum atomic E-state index is 12.6. The molecule has 0 bridgehead atoms. The van der Waals surface area contributed by atoms with Crippen LogP contribution in [0, 0.1) is 0 Å². The lowest BCUT2D eigenvalue weighted by molar-refractivity contribution is -0.889. The molecule has 8 heteroatoms. The SMILES string of the molecule is CCCCCC/C=C/CCC(=O)OC(COCCC(C(=O)[O-])[N+](C)(C)C)COC(=O)CCCCCCCCC/C=C/CCCCCCCCCCCC. The number of hydrogen-bond donors (Lipinski definition) is 0. The third-order valence-electron chi connectivity index (χ3n) is 9.82. The van der Waals surface area contributed by atoms with Crippen molar-refractivity contribution in [3.05, 3.63) is 24.3 Å². The van der Waals surface area contributed by atoms with E-state index in [1.54, 1.807) is 21.1 Å². The number of carbonyl (C=O) groups excluding carboxylic acids is 3. The van der Waals surface area contributed by atoms with Gasteiger partial charge in [0.1, 0.15) is 12.6 Å². The molecule has 0 rings (SSSR count). The van der Waals surface area contributed by atoms with Gasteiger partial charge < -0.3 is 28.6 Å². The van der Waals surface area contributed by atoms with E-state index in [4.69, 9.17) is 14.2 Å². The van der Waals surface area contributed by atoms with Gasteiger partial charge in [-0.15, -0.1) is 0 Å². The van der Waals surface area contributed by atoms with E-state index >= 15 is 0 Å². The van der Waals surface area contributed by atoms with Crippen molar-refractivity contribution in [3.63, 3.8) is 0 Å². The smallest absolute Gasteiger partial charge is 0.306 e. The van der Waals surface area contributed by atoms with Crippen molar-refractivity contribution in [2.24, 2.45) is 0 Å². The summed E-state index contributed by atoms with van der Waals surface area (Å²) in [7, 11) is 5.39. The van der Waals surface area contributed by atoms with Crippen molar-refractivity contribution < 1.29 is 38.2 Å². The number of quaternary nitrogens is 1. The van der Waals surface area contributed by atoms with E-state index in [0.29, 0.717) is 12.8 Å². The van der Waals surface area contributed by atoms with Crippen LogP contribution in [0.2, 0.25) is 0 Å². The average molecular weight is 750 g/mol. The van der Waals surface area contributed by atoms with Crippen molar-refractivity contribution in [3.8, 4) is 0 Å². The zero-order valence-electron chi connectivity index (χ0n) is 35.2. The van der Waals surface area contributed by atoms with E-state index < -0.39 is 18.1 Å². The van der Waals surface area contributed by atoms with Crippen LogP contribution in [0.5, 0.6) is 0 Å². The van der Waals surface area contributed by atoms with Gasteiger partial charge in [-0.25, -0.2) is 0 Å². The molecular formula is C45H83NO7. The van der Waals surface area contributed by atoms with E-state index in [2.05, 4.69) is 32.1 Å². The Morgan fingerprint density at radius 2 is 0.981 bits per heavy atom. The molecular weight excluding hydrogens is 666 g/mol. The molecule has 2 atom stereocenters. The van der Waals surface area contributed by atoms with Gasteiger partial charge in [0, 0.05) is 19.3 Å². The number of carbonyl (C=O) groups is 3. The van der Waals surface area contributed by atoms with Crippen LogP contribution < -0.4 is 5.11 Å². The molecule has 0 radical (unpaired) electrons. The first-order valence-corrected chi connectivity index (χ1v) is 21.9. The van der Waals surface area contributed by atoms with Gasteiger partial charge in [-0.2, -0.15) is 0 Å². The van der Waals surface area contributed by atoms with Gasteiger partial charge in [0.05, 0.1) is 40.3 Å².